The molecule has 0 N–H and O–H groups in total. The topological polar surface area (TPSA) is 38.7 Å². The molecule has 9 rings (SSSR count). The van der Waals surface area contributed by atoms with Crippen LogP contribution in [0.1, 0.15) is 0 Å². The summed E-state index contributed by atoms with van der Waals surface area (Å²) in [5.41, 5.74) is 6.91. The van der Waals surface area contributed by atoms with Gasteiger partial charge in [-0.25, -0.2) is 15.0 Å². The lowest BCUT2D eigenvalue weighted by Gasteiger charge is -2.06. The largest absolute Gasteiger partial charge is 0.248 e. The summed E-state index contributed by atoms with van der Waals surface area (Å²) in [7, 11) is 0. The Morgan fingerprint density at radius 2 is 0.583 bits per heavy atom. The monoisotopic (exact) mass is 611 g/mol. The number of hydrogen-bond donors (Lipinski definition) is 0. The predicted octanol–water partition coefficient (Wildman–Crippen LogP) is 11.8. The second-order valence-electron chi connectivity index (χ2n) is 12.1. The van der Waals surface area contributed by atoms with Crippen molar-refractivity contribution in [2.75, 3.05) is 0 Å². The molecule has 0 saturated carbocycles. The number of pyridine rings is 1. The van der Waals surface area contributed by atoms with Crippen LogP contribution in [0.3, 0.4) is 0 Å². The molecule has 0 saturated heterocycles. The lowest BCUT2D eigenvalue weighted by Crippen LogP contribution is -1.90. The molecule has 0 aliphatic heterocycles. The zero-order chi connectivity index (χ0) is 31.9. The summed E-state index contributed by atoms with van der Waals surface area (Å²) in [6, 6.07) is 61.9. The van der Waals surface area contributed by atoms with Crippen molar-refractivity contribution in [3.8, 4) is 22.5 Å². The average molecular weight is 612 g/mol. The predicted molar refractivity (Wildman–Crippen MR) is 202 cm³/mol. The van der Waals surface area contributed by atoms with Gasteiger partial charge in [0, 0.05) is 27.1 Å². The Hall–Kier alpha value is -6.45. The van der Waals surface area contributed by atoms with Crippen molar-refractivity contribution in [3.05, 3.63) is 176 Å². The number of aromatic nitrogens is 3. The highest BCUT2D eigenvalue weighted by Gasteiger charge is 2.07. The first-order chi connectivity index (χ1) is 23.7. The zero-order valence-corrected chi connectivity index (χ0v) is 26.1. The molecule has 3 nitrogen and oxygen atoms in total. The molecule has 6 aromatic carbocycles. The molecule has 3 aromatic heterocycles. The molecule has 3 heterocycles. The summed E-state index contributed by atoms with van der Waals surface area (Å²) in [4.78, 5) is 15.5. The van der Waals surface area contributed by atoms with Gasteiger partial charge in [0.25, 0.3) is 0 Å². The average Bonchev–Trinajstić information content (AvgIpc) is 3.18. The summed E-state index contributed by atoms with van der Waals surface area (Å²) in [6.07, 6.45) is 0. The third-order valence-corrected chi connectivity index (χ3v) is 8.99. The van der Waals surface area contributed by atoms with Crippen LogP contribution in [-0.4, -0.2) is 15.0 Å². The van der Waals surface area contributed by atoms with Gasteiger partial charge < -0.3 is 0 Å². The summed E-state index contributed by atoms with van der Waals surface area (Å²) in [5.74, 6) is 0.705. The van der Waals surface area contributed by atoms with E-state index in [1.165, 1.54) is 0 Å². The maximum absolute atomic E-state index is 5.27. The lowest BCUT2D eigenvalue weighted by molar-refractivity contribution is 1.26. The first-order valence-electron chi connectivity index (χ1n) is 16.2. The van der Waals surface area contributed by atoms with Crippen molar-refractivity contribution in [1.82, 2.24) is 15.0 Å². The van der Waals surface area contributed by atoms with E-state index in [0.29, 0.717) is 5.82 Å². The minimum Gasteiger partial charge on any atom is -0.248 e. The van der Waals surface area contributed by atoms with E-state index in [1.54, 1.807) is 0 Å². The number of rotatable bonds is 2. The first-order valence-corrected chi connectivity index (χ1v) is 16.2. The Balaban J connectivity index is 1.47. The van der Waals surface area contributed by atoms with E-state index in [9.17, 15) is 0 Å². The fourth-order valence-electron chi connectivity index (χ4n) is 6.52. The van der Waals surface area contributed by atoms with Gasteiger partial charge in [-0.3, -0.25) is 0 Å². The molecule has 0 fully saturated rings. The van der Waals surface area contributed by atoms with E-state index in [2.05, 4.69) is 158 Å². The minimum absolute atomic E-state index is 0.705. The van der Waals surface area contributed by atoms with Crippen LogP contribution < -0.4 is 0 Å². The SMILES string of the molecule is c1ccc(-c2cc3nc(c2)c2cccc(c2)c2cccc(c2)c2cc(nc(-c4ccccc4)n2)c2cccc(c2)c2cccc3c2)cc1. The summed E-state index contributed by atoms with van der Waals surface area (Å²) in [6.45, 7) is 0. The van der Waals surface area contributed by atoms with Gasteiger partial charge in [0.2, 0.25) is 0 Å². The standard InChI is InChI=1S/C45H29N3/c1-3-11-30(12-4-1)40-27-41-36-19-7-15-32(23-36)34-17-9-21-38(25-34)43-29-44(48-45(47-43)31-13-5-2-6-14-31)39-22-10-18-35(26-39)33-16-8-20-37(24-33)42(28-40)46-41/h1-29H. The lowest BCUT2D eigenvalue weighted by atomic mass is 10.0. The van der Waals surface area contributed by atoms with Crippen LogP contribution in [-0.2, 0) is 0 Å². The molecule has 224 valence electrons. The van der Waals surface area contributed by atoms with Crippen LogP contribution in [0.4, 0.5) is 0 Å². The minimum atomic E-state index is 0.705. The van der Waals surface area contributed by atoms with E-state index in [0.717, 1.165) is 81.8 Å². The van der Waals surface area contributed by atoms with Crippen molar-refractivity contribution < 1.29 is 0 Å². The van der Waals surface area contributed by atoms with Crippen molar-refractivity contribution in [2.45, 2.75) is 0 Å². The number of nitrogens with zero attached hydrogens (tertiary/aromatic N) is 3. The Morgan fingerprint density at radius 3 is 1.00 bits per heavy atom. The number of hydrogen-bond acceptors (Lipinski definition) is 3. The fraction of sp³-hybridized carbons (Fsp3) is 0. The molecule has 12 bridgehead atoms. The van der Waals surface area contributed by atoms with Gasteiger partial charge in [0.15, 0.2) is 5.82 Å². The molecule has 0 amide bonds. The molecule has 0 spiro atoms. The highest BCUT2D eigenvalue weighted by atomic mass is 14.9. The van der Waals surface area contributed by atoms with Gasteiger partial charge in [0.1, 0.15) is 0 Å². The Morgan fingerprint density at radius 1 is 0.229 bits per heavy atom. The normalized spacial score (nSPS) is 11.3. The molecular weight excluding hydrogens is 583 g/mol. The molecule has 48 heavy (non-hydrogen) atoms. The summed E-state index contributed by atoms with van der Waals surface area (Å²) >= 11 is 0. The molecule has 0 aliphatic carbocycles. The Bertz CT molecular complexity index is 2430. The summed E-state index contributed by atoms with van der Waals surface area (Å²) < 4.78 is 0. The van der Waals surface area contributed by atoms with Crippen LogP contribution in [0.5, 0.6) is 0 Å². The first kappa shape index (κ1) is 27.8. The second-order valence-corrected chi connectivity index (χ2v) is 12.1. The molecule has 0 unspecified atom stereocenters. The van der Waals surface area contributed by atoms with Gasteiger partial charge in [-0.05, 0) is 75.1 Å². The second kappa shape index (κ2) is 11.7. The van der Waals surface area contributed by atoms with Gasteiger partial charge in [-0.1, -0.05) is 133 Å². The molecule has 0 atom stereocenters. The number of fused-ring (bicyclic) bond motifs is 18. The van der Waals surface area contributed by atoms with E-state index >= 15 is 0 Å². The maximum atomic E-state index is 5.27. The molecule has 0 radical (unpaired) electrons. The molecule has 3 heteroatoms. The van der Waals surface area contributed by atoms with Crippen molar-refractivity contribution in [3.63, 3.8) is 0 Å². The van der Waals surface area contributed by atoms with Crippen LogP contribution >= 0.6 is 0 Å². The van der Waals surface area contributed by atoms with Gasteiger partial charge >= 0.3 is 0 Å². The molecule has 9 aromatic rings. The van der Waals surface area contributed by atoms with Crippen LogP contribution in [0, 0.1) is 0 Å². The molecular formula is C45H29N3. The Kier molecular flexibility index (Phi) is 6.80. The van der Waals surface area contributed by atoms with E-state index < -0.39 is 0 Å². The number of benzene rings is 6. The third kappa shape index (κ3) is 5.28. The van der Waals surface area contributed by atoms with Crippen LogP contribution in [0.2, 0.25) is 0 Å². The summed E-state index contributed by atoms with van der Waals surface area (Å²) in [5, 5.41) is 8.69. The third-order valence-electron chi connectivity index (χ3n) is 8.99. The van der Waals surface area contributed by atoms with Crippen molar-refractivity contribution in [1.29, 1.82) is 0 Å². The van der Waals surface area contributed by atoms with Gasteiger partial charge in [-0.2, -0.15) is 0 Å². The molecule has 0 aliphatic rings. The van der Waals surface area contributed by atoms with Crippen molar-refractivity contribution >= 4 is 65.2 Å². The van der Waals surface area contributed by atoms with Gasteiger partial charge in [0.05, 0.1) is 22.1 Å². The van der Waals surface area contributed by atoms with E-state index in [4.69, 9.17) is 15.0 Å². The quantitative estimate of drug-likeness (QED) is 0.195. The maximum Gasteiger partial charge on any atom is 0.160 e. The Labute approximate surface area is 277 Å². The highest BCUT2D eigenvalue weighted by Crippen LogP contribution is 2.29. The van der Waals surface area contributed by atoms with Crippen molar-refractivity contribution in [2.24, 2.45) is 0 Å². The van der Waals surface area contributed by atoms with E-state index in [-0.39, 0.29) is 0 Å². The fourth-order valence-corrected chi connectivity index (χ4v) is 6.52. The van der Waals surface area contributed by atoms with Crippen LogP contribution in [0.25, 0.3) is 87.7 Å². The van der Waals surface area contributed by atoms with E-state index in [1.807, 2.05) is 18.2 Å². The smallest absolute Gasteiger partial charge is 0.160 e. The van der Waals surface area contributed by atoms with Gasteiger partial charge in [-0.15, -0.1) is 0 Å². The highest BCUT2D eigenvalue weighted by molar-refractivity contribution is 6.00. The van der Waals surface area contributed by atoms with Crippen LogP contribution in [0.15, 0.2) is 176 Å². The zero-order valence-electron chi connectivity index (χ0n) is 26.1.